The molecule has 0 aliphatic heterocycles. The molecule has 4 rings (SSSR count). The van der Waals surface area contributed by atoms with Crippen LogP contribution in [0.15, 0.2) is 48.5 Å². The van der Waals surface area contributed by atoms with Gasteiger partial charge in [0.1, 0.15) is 0 Å². The van der Waals surface area contributed by atoms with Gasteiger partial charge in [0.2, 0.25) is 0 Å². The lowest BCUT2D eigenvalue weighted by Gasteiger charge is -1.98. The molecule has 0 bridgehead atoms. The molecule has 2 heteroatoms. The first-order chi connectivity index (χ1) is 8.79. The van der Waals surface area contributed by atoms with Gasteiger partial charge in [0.05, 0.1) is 10.1 Å². The minimum atomic E-state index is 0.809. The maximum Gasteiger partial charge on any atom is 0.0570 e. The molecule has 0 heterocycles. The average molecular weight is 271 g/mol. The van der Waals surface area contributed by atoms with Crippen molar-refractivity contribution in [1.82, 2.24) is 0 Å². The van der Waals surface area contributed by atoms with Crippen LogP contribution >= 0.6 is 23.2 Å². The normalized spacial score (nSPS) is 15.9. The molecule has 0 amide bonds. The Labute approximate surface area is 114 Å². The molecule has 0 N–H and O–H groups in total. The van der Waals surface area contributed by atoms with Gasteiger partial charge < -0.3 is 0 Å². The highest BCUT2D eigenvalue weighted by Gasteiger charge is 2.25. The first-order valence-corrected chi connectivity index (χ1v) is 6.54. The maximum atomic E-state index is 6.52. The molecule has 0 nitrogen and oxygen atoms in total. The summed E-state index contributed by atoms with van der Waals surface area (Å²) in [6, 6.07) is 16.3. The van der Waals surface area contributed by atoms with Crippen LogP contribution in [0, 0.1) is 0 Å². The Bertz CT molecular complexity index is 854. The van der Waals surface area contributed by atoms with E-state index in [0.29, 0.717) is 0 Å². The predicted molar refractivity (Wildman–Crippen MR) is 76.7 cm³/mol. The van der Waals surface area contributed by atoms with Gasteiger partial charge in [-0.2, -0.15) is 0 Å². The van der Waals surface area contributed by atoms with E-state index in [1.807, 2.05) is 36.4 Å². The number of hydrogen-bond acceptors (Lipinski definition) is 0. The zero-order chi connectivity index (χ0) is 12.3. The van der Waals surface area contributed by atoms with Gasteiger partial charge in [0.25, 0.3) is 0 Å². The van der Waals surface area contributed by atoms with E-state index < -0.39 is 0 Å². The van der Waals surface area contributed by atoms with Gasteiger partial charge in [0.15, 0.2) is 0 Å². The quantitative estimate of drug-likeness (QED) is 0.679. The van der Waals surface area contributed by atoms with Crippen molar-refractivity contribution in [3.05, 3.63) is 69.4 Å². The predicted octanol–water partition coefficient (Wildman–Crippen LogP) is 1.41. The lowest BCUT2D eigenvalue weighted by atomic mass is 10.1. The molecule has 0 fully saturated rings. The number of fused-ring (bicyclic) bond motifs is 3. The third kappa shape index (κ3) is 1.12. The number of benzene rings is 2. The summed E-state index contributed by atoms with van der Waals surface area (Å²) in [5.74, 6) is 0. The van der Waals surface area contributed by atoms with Crippen LogP contribution in [0.3, 0.4) is 0 Å². The van der Waals surface area contributed by atoms with Crippen molar-refractivity contribution in [2.75, 3.05) is 0 Å². The fraction of sp³-hybridized carbons (Fsp3) is 0. The first kappa shape index (κ1) is 10.4. The molecular formula is C16H8Cl2. The summed E-state index contributed by atoms with van der Waals surface area (Å²) in [4.78, 5) is 0. The van der Waals surface area contributed by atoms with Crippen molar-refractivity contribution < 1.29 is 0 Å². The van der Waals surface area contributed by atoms with Crippen LogP contribution in [0.25, 0.3) is 21.2 Å². The van der Waals surface area contributed by atoms with E-state index >= 15 is 0 Å². The van der Waals surface area contributed by atoms with Crippen molar-refractivity contribution >= 4 is 44.4 Å². The molecule has 2 aromatic rings. The van der Waals surface area contributed by atoms with E-state index in [1.54, 1.807) is 0 Å². The van der Waals surface area contributed by atoms with Crippen molar-refractivity contribution in [2.45, 2.75) is 0 Å². The molecule has 0 saturated heterocycles. The molecule has 2 aliphatic rings. The average Bonchev–Trinajstić information content (AvgIpc) is 2.87. The van der Waals surface area contributed by atoms with Crippen molar-refractivity contribution in [3.8, 4) is 0 Å². The molecule has 0 spiro atoms. The minimum Gasteiger partial charge on any atom is -0.0830 e. The third-order valence-corrected chi connectivity index (χ3v) is 4.34. The van der Waals surface area contributed by atoms with E-state index in [4.69, 9.17) is 23.2 Å². The monoisotopic (exact) mass is 270 g/mol. The Hall–Kier alpha value is -1.50. The summed E-state index contributed by atoms with van der Waals surface area (Å²) in [6.45, 7) is 0. The number of halogens is 2. The topological polar surface area (TPSA) is 0 Å². The molecule has 0 atom stereocenters. The van der Waals surface area contributed by atoms with Gasteiger partial charge in [-0.1, -0.05) is 71.7 Å². The molecule has 18 heavy (non-hydrogen) atoms. The van der Waals surface area contributed by atoms with Crippen molar-refractivity contribution in [2.24, 2.45) is 0 Å². The highest BCUT2D eigenvalue weighted by molar-refractivity contribution is 6.65. The Morgan fingerprint density at radius 1 is 0.500 bits per heavy atom. The van der Waals surface area contributed by atoms with Gasteiger partial charge >= 0.3 is 0 Å². The third-order valence-electron chi connectivity index (χ3n) is 3.55. The molecule has 2 aromatic carbocycles. The fourth-order valence-electron chi connectivity index (χ4n) is 2.78. The van der Waals surface area contributed by atoms with Crippen LogP contribution in [-0.2, 0) is 0 Å². The zero-order valence-electron chi connectivity index (χ0n) is 9.37. The molecule has 86 valence electrons. The Morgan fingerprint density at radius 2 is 0.833 bits per heavy atom. The van der Waals surface area contributed by atoms with Crippen molar-refractivity contribution in [3.63, 3.8) is 0 Å². The summed E-state index contributed by atoms with van der Waals surface area (Å²) < 4.78 is 0. The second kappa shape index (κ2) is 3.50. The largest absolute Gasteiger partial charge is 0.0830 e. The summed E-state index contributed by atoms with van der Waals surface area (Å²) in [7, 11) is 0. The zero-order valence-corrected chi connectivity index (χ0v) is 10.9. The Balaban J connectivity index is 2.39. The Morgan fingerprint density at radius 3 is 1.22 bits per heavy atom. The Kier molecular flexibility index (Phi) is 2.03. The lowest BCUT2D eigenvalue weighted by Crippen LogP contribution is -2.26. The van der Waals surface area contributed by atoms with E-state index in [9.17, 15) is 0 Å². The molecule has 0 aromatic heterocycles. The highest BCUT2D eigenvalue weighted by Crippen LogP contribution is 2.35. The van der Waals surface area contributed by atoms with Crippen LogP contribution < -0.4 is 20.9 Å². The second-order valence-electron chi connectivity index (χ2n) is 4.47. The SMILES string of the molecule is ClC1=c2ccccc2=C2C(Cl)=c3ccccc3=C12. The van der Waals surface area contributed by atoms with E-state index in [2.05, 4.69) is 12.1 Å². The summed E-state index contributed by atoms with van der Waals surface area (Å²) in [5, 5.41) is 6.05. The van der Waals surface area contributed by atoms with Gasteiger partial charge in [-0.3, -0.25) is 0 Å². The van der Waals surface area contributed by atoms with E-state index in [-0.39, 0.29) is 0 Å². The van der Waals surface area contributed by atoms with Gasteiger partial charge in [-0.15, -0.1) is 0 Å². The van der Waals surface area contributed by atoms with Crippen molar-refractivity contribution in [1.29, 1.82) is 0 Å². The van der Waals surface area contributed by atoms with Crippen LogP contribution in [-0.4, -0.2) is 0 Å². The number of hydrogen-bond donors (Lipinski definition) is 0. The van der Waals surface area contributed by atoms with E-state index in [0.717, 1.165) is 42.1 Å². The van der Waals surface area contributed by atoms with Gasteiger partial charge in [-0.25, -0.2) is 0 Å². The fourth-order valence-corrected chi connectivity index (χ4v) is 3.50. The minimum absolute atomic E-state index is 0.809. The highest BCUT2D eigenvalue weighted by atomic mass is 35.5. The second-order valence-corrected chi connectivity index (χ2v) is 5.23. The van der Waals surface area contributed by atoms with Crippen LogP contribution in [0.5, 0.6) is 0 Å². The molecule has 0 unspecified atom stereocenters. The van der Waals surface area contributed by atoms with Gasteiger partial charge in [-0.05, 0) is 10.4 Å². The summed E-state index contributed by atoms with van der Waals surface area (Å²) in [6.07, 6.45) is 0. The van der Waals surface area contributed by atoms with Crippen LogP contribution in [0.4, 0.5) is 0 Å². The van der Waals surface area contributed by atoms with E-state index in [1.165, 1.54) is 0 Å². The summed E-state index contributed by atoms with van der Waals surface area (Å²) >= 11 is 13.0. The van der Waals surface area contributed by atoms with Gasteiger partial charge in [0, 0.05) is 21.6 Å². The van der Waals surface area contributed by atoms with Crippen LogP contribution in [0.1, 0.15) is 0 Å². The molecule has 2 aliphatic carbocycles. The maximum absolute atomic E-state index is 6.52. The molecular weight excluding hydrogens is 263 g/mol. The smallest absolute Gasteiger partial charge is 0.0570 e. The lowest BCUT2D eigenvalue weighted by molar-refractivity contribution is 1.52. The first-order valence-electron chi connectivity index (χ1n) is 5.78. The molecule has 0 saturated carbocycles. The van der Waals surface area contributed by atoms with Crippen LogP contribution in [0.2, 0.25) is 0 Å². The number of rotatable bonds is 0. The summed E-state index contributed by atoms with van der Waals surface area (Å²) in [5.41, 5.74) is 2.16. The molecule has 0 radical (unpaired) electrons. The standard InChI is InChI=1S/C16H8Cl2/c17-15-11-7-3-1-5-9(11)13-14(15)10-6-2-4-8-12(10)16(13)18/h1-8H.